The Morgan fingerprint density at radius 2 is 2.27 bits per heavy atom. The van der Waals surface area contributed by atoms with Crippen LogP contribution in [-0.2, 0) is 0 Å². The van der Waals surface area contributed by atoms with Gasteiger partial charge in [0.2, 0.25) is 0 Å². The zero-order chi connectivity index (χ0) is 15.5. The summed E-state index contributed by atoms with van der Waals surface area (Å²) in [5, 5.41) is 10.4. The fraction of sp³-hybridized carbons (Fsp3) is 0.375. The van der Waals surface area contributed by atoms with E-state index in [1.165, 1.54) is 0 Å². The summed E-state index contributed by atoms with van der Waals surface area (Å²) >= 11 is 0. The molecule has 6 nitrogen and oxygen atoms in total. The van der Waals surface area contributed by atoms with Crippen LogP contribution in [-0.4, -0.2) is 53.8 Å². The molecule has 1 saturated heterocycles. The monoisotopic (exact) mass is 300 g/mol. The molecule has 1 fully saturated rings. The zero-order valence-electron chi connectivity index (χ0n) is 12.8. The molecule has 1 aliphatic heterocycles. The van der Waals surface area contributed by atoms with Gasteiger partial charge in [0.1, 0.15) is 11.4 Å². The number of carbonyl (C=O) groups excluding carboxylic acids is 1. The molecule has 0 unspecified atom stereocenters. The minimum atomic E-state index is -0.00463. The van der Waals surface area contributed by atoms with Gasteiger partial charge < -0.3 is 15.0 Å². The van der Waals surface area contributed by atoms with Crippen LogP contribution in [0.1, 0.15) is 17.4 Å². The lowest BCUT2D eigenvalue weighted by Crippen LogP contribution is -2.51. The lowest BCUT2D eigenvalue weighted by Gasteiger charge is -2.31. The predicted octanol–water partition coefficient (Wildman–Crippen LogP) is 1.52. The van der Waals surface area contributed by atoms with Crippen LogP contribution in [0.5, 0.6) is 5.75 Å². The van der Waals surface area contributed by atoms with Gasteiger partial charge in [-0.2, -0.15) is 5.10 Å². The van der Waals surface area contributed by atoms with Gasteiger partial charge in [0.15, 0.2) is 0 Å². The molecular weight excluding hydrogens is 280 g/mol. The van der Waals surface area contributed by atoms with Crippen molar-refractivity contribution in [3.8, 4) is 17.0 Å². The van der Waals surface area contributed by atoms with E-state index in [0.29, 0.717) is 18.3 Å². The molecule has 1 aromatic carbocycles. The maximum atomic E-state index is 12.5. The molecule has 22 heavy (non-hydrogen) atoms. The standard InChI is InChI=1S/C16H20N4O2/c1-11-10-20(7-6-17-11)16(21)15-9-14(18-19-15)12-4-3-5-13(8-12)22-2/h3-5,8-9,11,17H,6-7,10H2,1-2H3,(H,18,19)/t11-/m1/s1. The number of hydrogen-bond acceptors (Lipinski definition) is 4. The molecule has 2 N–H and O–H groups in total. The van der Waals surface area contributed by atoms with Crippen LogP contribution in [0.4, 0.5) is 0 Å². The molecule has 0 radical (unpaired) electrons. The number of hydrogen-bond donors (Lipinski definition) is 2. The molecule has 0 bridgehead atoms. The summed E-state index contributed by atoms with van der Waals surface area (Å²) in [6, 6.07) is 9.74. The molecular formula is C16H20N4O2. The van der Waals surface area contributed by atoms with Gasteiger partial charge in [-0.25, -0.2) is 0 Å². The number of methoxy groups -OCH3 is 1. The molecule has 0 saturated carbocycles. The molecule has 1 amide bonds. The van der Waals surface area contributed by atoms with Gasteiger partial charge in [-0.1, -0.05) is 12.1 Å². The van der Waals surface area contributed by atoms with Gasteiger partial charge in [0, 0.05) is 31.2 Å². The van der Waals surface area contributed by atoms with Crippen LogP contribution < -0.4 is 10.1 Å². The number of rotatable bonds is 3. The number of H-pyrrole nitrogens is 1. The molecule has 1 atom stereocenters. The van der Waals surface area contributed by atoms with E-state index in [4.69, 9.17) is 4.74 Å². The van der Waals surface area contributed by atoms with E-state index in [1.54, 1.807) is 13.2 Å². The van der Waals surface area contributed by atoms with Crippen molar-refractivity contribution < 1.29 is 9.53 Å². The second-order valence-electron chi connectivity index (χ2n) is 5.51. The van der Waals surface area contributed by atoms with Gasteiger partial charge in [0.25, 0.3) is 5.91 Å². The zero-order valence-corrected chi connectivity index (χ0v) is 12.8. The molecule has 3 rings (SSSR count). The summed E-state index contributed by atoms with van der Waals surface area (Å²) in [6.45, 7) is 4.33. The van der Waals surface area contributed by atoms with E-state index < -0.39 is 0 Å². The highest BCUT2D eigenvalue weighted by atomic mass is 16.5. The third-order valence-corrected chi connectivity index (χ3v) is 3.83. The Bertz CT molecular complexity index is 668. The van der Waals surface area contributed by atoms with Gasteiger partial charge in [0.05, 0.1) is 12.8 Å². The van der Waals surface area contributed by atoms with E-state index in [0.717, 1.165) is 30.1 Å². The van der Waals surface area contributed by atoms with Crippen molar-refractivity contribution in [3.63, 3.8) is 0 Å². The summed E-state index contributed by atoms with van der Waals surface area (Å²) in [6.07, 6.45) is 0. The van der Waals surface area contributed by atoms with Crippen molar-refractivity contribution in [2.24, 2.45) is 0 Å². The van der Waals surface area contributed by atoms with Crippen molar-refractivity contribution in [2.75, 3.05) is 26.7 Å². The first-order chi connectivity index (χ1) is 10.7. The SMILES string of the molecule is COc1cccc(-c2cc(C(=O)N3CCN[C@H](C)C3)[nH]n2)c1. The molecule has 6 heteroatoms. The Morgan fingerprint density at radius 3 is 3.05 bits per heavy atom. The second-order valence-corrected chi connectivity index (χ2v) is 5.51. The molecule has 2 heterocycles. The highest BCUT2D eigenvalue weighted by molar-refractivity contribution is 5.93. The van der Waals surface area contributed by atoms with Crippen molar-refractivity contribution in [1.82, 2.24) is 20.4 Å². The minimum Gasteiger partial charge on any atom is -0.497 e. The first-order valence-electron chi connectivity index (χ1n) is 7.40. The predicted molar refractivity (Wildman–Crippen MR) is 83.9 cm³/mol. The van der Waals surface area contributed by atoms with E-state index >= 15 is 0 Å². The number of amides is 1. The second kappa shape index (κ2) is 6.19. The summed E-state index contributed by atoms with van der Waals surface area (Å²) in [5.74, 6) is 0.763. The van der Waals surface area contributed by atoms with Crippen LogP contribution in [0.2, 0.25) is 0 Å². The molecule has 116 valence electrons. The molecule has 0 spiro atoms. The average Bonchev–Trinajstić information content (AvgIpc) is 3.04. The van der Waals surface area contributed by atoms with Crippen molar-refractivity contribution in [2.45, 2.75) is 13.0 Å². The Kier molecular flexibility index (Phi) is 4.11. The Hall–Kier alpha value is -2.34. The lowest BCUT2D eigenvalue weighted by atomic mass is 10.1. The number of aromatic nitrogens is 2. The quantitative estimate of drug-likeness (QED) is 0.901. The van der Waals surface area contributed by atoms with E-state index in [2.05, 4.69) is 22.4 Å². The smallest absolute Gasteiger partial charge is 0.271 e. The fourth-order valence-corrected chi connectivity index (χ4v) is 2.65. The summed E-state index contributed by atoms with van der Waals surface area (Å²) in [4.78, 5) is 14.4. The van der Waals surface area contributed by atoms with Gasteiger partial charge in [-0.3, -0.25) is 9.89 Å². The molecule has 2 aromatic rings. The largest absolute Gasteiger partial charge is 0.497 e. The van der Waals surface area contributed by atoms with Crippen LogP contribution in [0.15, 0.2) is 30.3 Å². The average molecular weight is 300 g/mol. The van der Waals surface area contributed by atoms with E-state index in [-0.39, 0.29) is 5.91 Å². The molecule has 0 aliphatic carbocycles. The normalized spacial score (nSPS) is 18.3. The Labute approximate surface area is 129 Å². The van der Waals surface area contributed by atoms with Crippen LogP contribution in [0, 0.1) is 0 Å². The number of nitrogens with zero attached hydrogens (tertiary/aromatic N) is 2. The van der Waals surface area contributed by atoms with E-state index in [9.17, 15) is 4.79 Å². The molecule has 1 aliphatic rings. The van der Waals surface area contributed by atoms with Crippen molar-refractivity contribution in [1.29, 1.82) is 0 Å². The van der Waals surface area contributed by atoms with Crippen LogP contribution in [0.3, 0.4) is 0 Å². The third-order valence-electron chi connectivity index (χ3n) is 3.83. The van der Waals surface area contributed by atoms with Gasteiger partial charge >= 0.3 is 0 Å². The summed E-state index contributed by atoms with van der Waals surface area (Å²) in [7, 11) is 1.63. The Morgan fingerprint density at radius 1 is 1.41 bits per heavy atom. The number of aromatic amines is 1. The van der Waals surface area contributed by atoms with Crippen molar-refractivity contribution in [3.05, 3.63) is 36.0 Å². The van der Waals surface area contributed by atoms with Crippen molar-refractivity contribution >= 4 is 5.91 Å². The van der Waals surface area contributed by atoms with Crippen LogP contribution in [0.25, 0.3) is 11.3 Å². The third kappa shape index (κ3) is 2.96. The Balaban J connectivity index is 1.79. The maximum Gasteiger partial charge on any atom is 0.271 e. The molecule has 1 aromatic heterocycles. The highest BCUT2D eigenvalue weighted by Gasteiger charge is 2.23. The van der Waals surface area contributed by atoms with Gasteiger partial charge in [-0.15, -0.1) is 0 Å². The van der Waals surface area contributed by atoms with Gasteiger partial charge in [-0.05, 0) is 25.1 Å². The number of nitrogens with one attached hydrogen (secondary N) is 2. The first kappa shape index (κ1) is 14.6. The lowest BCUT2D eigenvalue weighted by molar-refractivity contribution is 0.0703. The number of benzene rings is 1. The highest BCUT2D eigenvalue weighted by Crippen LogP contribution is 2.23. The first-order valence-corrected chi connectivity index (χ1v) is 7.40. The number of carbonyl (C=O) groups is 1. The number of piperazine rings is 1. The van der Waals surface area contributed by atoms with E-state index in [1.807, 2.05) is 29.2 Å². The maximum absolute atomic E-state index is 12.5. The summed E-state index contributed by atoms with van der Waals surface area (Å²) < 4.78 is 5.22. The topological polar surface area (TPSA) is 70.2 Å². The minimum absolute atomic E-state index is 0.00463. The summed E-state index contributed by atoms with van der Waals surface area (Å²) in [5.41, 5.74) is 2.18. The van der Waals surface area contributed by atoms with Crippen LogP contribution >= 0.6 is 0 Å². The fourth-order valence-electron chi connectivity index (χ4n) is 2.65. The number of ether oxygens (including phenoxy) is 1.